The summed E-state index contributed by atoms with van der Waals surface area (Å²) in [5, 5.41) is 6.98. The molecule has 1 atom stereocenters. The molecule has 0 radical (unpaired) electrons. The van der Waals surface area contributed by atoms with Crippen LogP contribution in [-0.4, -0.2) is 24.7 Å². The number of hydrogen-bond acceptors (Lipinski definition) is 4. The molecule has 172 valence electrons. The number of rotatable bonds is 8. The molecular weight excluding hydrogens is 401 g/mol. The van der Waals surface area contributed by atoms with Crippen LogP contribution in [0.25, 0.3) is 5.70 Å². The molecule has 1 aliphatic heterocycles. The maximum absolute atomic E-state index is 13.9. The standard InChI is InChI=1S/C27H36FN3O/c1-3-21-15-23(10-11-26(21)28)31-27-16-24(22-8-4-5-9-22)25(18-30-27)19(2)29-17-20-7-6-13-32-14-12-20/h10-11,15-16,18,20,22,29H,2-9,12-14,17H2,1H3,(H,30,31). The summed E-state index contributed by atoms with van der Waals surface area (Å²) in [6.45, 7) is 9.01. The number of benzene rings is 1. The van der Waals surface area contributed by atoms with Crippen molar-refractivity contribution >= 4 is 17.2 Å². The summed E-state index contributed by atoms with van der Waals surface area (Å²) in [4.78, 5) is 4.69. The molecule has 4 rings (SSSR count). The van der Waals surface area contributed by atoms with Gasteiger partial charge in [0.25, 0.3) is 0 Å². The summed E-state index contributed by atoms with van der Waals surface area (Å²) in [6, 6.07) is 7.34. The maximum atomic E-state index is 13.9. The van der Waals surface area contributed by atoms with Gasteiger partial charge in [0.05, 0.1) is 0 Å². The molecule has 2 aliphatic rings. The molecule has 32 heavy (non-hydrogen) atoms. The van der Waals surface area contributed by atoms with Gasteiger partial charge in [0, 0.05) is 42.9 Å². The fourth-order valence-electron chi connectivity index (χ4n) is 4.97. The fourth-order valence-corrected chi connectivity index (χ4v) is 4.97. The van der Waals surface area contributed by atoms with E-state index in [0.29, 0.717) is 23.8 Å². The smallest absolute Gasteiger partial charge is 0.130 e. The third kappa shape index (κ3) is 5.69. The number of nitrogens with one attached hydrogen (secondary N) is 2. The van der Waals surface area contributed by atoms with E-state index in [1.54, 1.807) is 6.07 Å². The van der Waals surface area contributed by atoms with Crippen molar-refractivity contribution in [1.29, 1.82) is 0 Å². The van der Waals surface area contributed by atoms with Crippen molar-refractivity contribution in [3.05, 3.63) is 59.5 Å². The highest BCUT2D eigenvalue weighted by Gasteiger charge is 2.22. The van der Waals surface area contributed by atoms with E-state index in [1.807, 2.05) is 19.2 Å². The van der Waals surface area contributed by atoms with Gasteiger partial charge < -0.3 is 15.4 Å². The van der Waals surface area contributed by atoms with Crippen molar-refractivity contribution < 1.29 is 9.13 Å². The van der Waals surface area contributed by atoms with Gasteiger partial charge in [0.15, 0.2) is 0 Å². The number of aryl methyl sites for hydroxylation is 1. The van der Waals surface area contributed by atoms with E-state index in [2.05, 4.69) is 28.3 Å². The van der Waals surface area contributed by atoms with Crippen LogP contribution in [0.4, 0.5) is 15.9 Å². The second kappa shape index (κ2) is 11.0. The number of pyridine rings is 1. The number of nitrogens with zero attached hydrogens (tertiary/aromatic N) is 1. The molecule has 0 spiro atoms. The Labute approximate surface area is 191 Å². The second-order valence-corrected chi connectivity index (χ2v) is 9.19. The monoisotopic (exact) mass is 437 g/mol. The Bertz CT molecular complexity index is 915. The number of anilines is 2. The predicted molar refractivity (Wildman–Crippen MR) is 130 cm³/mol. The van der Waals surface area contributed by atoms with Gasteiger partial charge in [-0.2, -0.15) is 0 Å². The van der Waals surface area contributed by atoms with Crippen molar-refractivity contribution in [3.8, 4) is 0 Å². The van der Waals surface area contributed by atoms with E-state index in [0.717, 1.165) is 55.4 Å². The summed E-state index contributed by atoms with van der Waals surface area (Å²) in [5.74, 6) is 1.82. The maximum Gasteiger partial charge on any atom is 0.130 e. The van der Waals surface area contributed by atoms with Crippen molar-refractivity contribution in [3.63, 3.8) is 0 Å². The van der Waals surface area contributed by atoms with Crippen LogP contribution in [0.5, 0.6) is 0 Å². The van der Waals surface area contributed by atoms with Crippen LogP contribution in [0.1, 0.15) is 74.5 Å². The molecule has 2 fully saturated rings. The second-order valence-electron chi connectivity index (χ2n) is 9.19. The summed E-state index contributed by atoms with van der Waals surface area (Å²) < 4.78 is 19.5. The SMILES string of the molecule is C=C(NCC1CCCOCC1)c1cnc(Nc2ccc(F)c(CC)c2)cc1C1CCCC1. The molecule has 2 N–H and O–H groups in total. The van der Waals surface area contributed by atoms with Crippen molar-refractivity contribution in [2.45, 2.75) is 64.2 Å². The van der Waals surface area contributed by atoms with Gasteiger partial charge in [0.2, 0.25) is 0 Å². The quantitative estimate of drug-likeness (QED) is 0.491. The van der Waals surface area contributed by atoms with E-state index in [9.17, 15) is 4.39 Å². The summed E-state index contributed by atoms with van der Waals surface area (Å²) in [5.41, 5.74) is 4.99. The summed E-state index contributed by atoms with van der Waals surface area (Å²) in [7, 11) is 0. The minimum absolute atomic E-state index is 0.157. The van der Waals surface area contributed by atoms with Gasteiger partial charge in [0.1, 0.15) is 11.6 Å². The Morgan fingerprint density at radius 3 is 2.78 bits per heavy atom. The van der Waals surface area contributed by atoms with E-state index in [1.165, 1.54) is 43.7 Å². The summed E-state index contributed by atoms with van der Waals surface area (Å²) in [6.07, 6.45) is 11.0. The first-order valence-electron chi connectivity index (χ1n) is 12.2. The van der Waals surface area contributed by atoms with Crippen LogP contribution < -0.4 is 10.6 Å². The zero-order valence-electron chi connectivity index (χ0n) is 19.3. The number of ether oxygens (including phenoxy) is 1. The molecule has 4 nitrogen and oxygen atoms in total. The van der Waals surface area contributed by atoms with Gasteiger partial charge in [-0.25, -0.2) is 9.37 Å². The van der Waals surface area contributed by atoms with Crippen LogP contribution in [-0.2, 0) is 11.2 Å². The predicted octanol–water partition coefficient (Wildman–Crippen LogP) is 6.56. The Morgan fingerprint density at radius 2 is 1.97 bits per heavy atom. The van der Waals surface area contributed by atoms with Crippen LogP contribution in [0.15, 0.2) is 37.0 Å². The Balaban J connectivity index is 1.51. The Hall–Kier alpha value is -2.40. The van der Waals surface area contributed by atoms with E-state index in [-0.39, 0.29) is 5.82 Å². The minimum Gasteiger partial charge on any atom is -0.385 e. The van der Waals surface area contributed by atoms with E-state index in [4.69, 9.17) is 4.74 Å². The van der Waals surface area contributed by atoms with Gasteiger partial charge in [-0.1, -0.05) is 26.3 Å². The van der Waals surface area contributed by atoms with Crippen LogP contribution in [0.3, 0.4) is 0 Å². The Kier molecular flexibility index (Phi) is 7.80. The molecule has 1 aromatic heterocycles. The third-order valence-electron chi connectivity index (χ3n) is 6.93. The molecule has 1 unspecified atom stereocenters. The normalized spacial score (nSPS) is 19.5. The lowest BCUT2D eigenvalue weighted by Gasteiger charge is -2.21. The summed E-state index contributed by atoms with van der Waals surface area (Å²) >= 11 is 0. The van der Waals surface area contributed by atoms with Crippen LogP contribution in [0, 0.1) is 11.7 Å². The first kappa shape index (κ1) is 22.8. The highest BCUT2D eigenvalue weighted by molar-refractivity contribution is 5.68. The molecule has 5 heteroatoms. The largest absolute Gasteiger partial charge is 0.385 e. The number of aromatic nitrogens is 1. The van der Waals surface area contributed by atoms with Gasteiger partial charge in [-0.05, 0) is 85.8 Å². The van der Waals surface area contributed by atoms with Crippen LogP contribution in [0.2, 0.25) is 0 Å². The van der Waals surface area contributed by atoms with Gasteiger partial charge in [-0.15, -0.1) is 0 Å². The topological polar surface area (TPSA) is 46.2 Å². The first-order valence-corrected chi connectivity index (χ1v) is 12.2. The van der Waals surface area contributed by atoms with Crippen molar-refractivity contribution in [1.82, 2.24) is 10.3 Å². The van der Waals surface area contributed by atoms with Crippen LogP contribution >= 0.6 is 0 Å². The first-order chi connectivity index (χ1) is 15.6. The molecule has 2 aromatic rings. The average Bonchev–Trinajstić information content (AvgIpc) is 3.22. The molecule has 0 amide bonds. The number of hydrogen-bond donors (Lipinski definition) is 2. The molecule has 1 aromatic carbocycles. The van der Waals surface area contributed by atoms with Gasteiger partial charge in [-0.3, -0.25) is 0 Å². The van der Waals surface area contributed by atoms with E-state index < -0.39 is 0 Å². The molecule has 1 aliphatic carbocycles. The van der Waals surface area contributed by atoms with Gasteiger partial charge >= 0.3 is 0 Å². The lowest BCUT2D eigenvalue weighted by atomic mass is 9.92. The molecule has 1 saturated heterocycles. The lowest BCUT2D eigenvalue weighted by molar-refractivity contribution is 0.141. The molecule has 1 saturated carbocycles. The molecule has 2 heterocycles. The zero-order chi connectivity index (χ0) is 22.3. The lowest BCUT2D eigenvalue weighted by Crippen LogP contribution is -2.22. The van der Waals surface area contributed by atoms with Crippen molar-refractivity contribution in [2.75, 3.05) is 25.1 Å². The van der Waals surface area contributed by atoms with Crippen molar-refractivity contribution in [2.24, 2.45) is 5.92 Å². The number of halogens is 1. The fraction of sp³-hybridized carbons (Fsp3) is 0.519. The average molecular weight is 438 g/mol. The minimum atomic E-state index is -0.157. The zero-order valence-corrected chi connectivity index (χ0v) is 19.3. The molecule has 0 bridgehead atoms. The van der Waals surface area contributed by atoms with E-state index >= 15 is 0 Å². The highest BCUT2D eigenvalue weighted by atomic mass is 19.1. The third-order valence-corrected chi connectivity index (χ3v) is 6.93. The molecular formula is C27H36FN3O. The Morgan fingerprint density at radius 1 is 1.12 bits per heavy atom. The highest BCUT2D eigenvalue weighted by Crippen LogP contribution is 2.38.